The fraction of sp³-hybridized carbons (Fsp3) is 0.500. The first-order chi connectivity index (χ1) is 8.69. The maximum atomic E-state index is 9.63. The number of likely N-dealkylation sites (N-methyl/N-ethyl adjacent to an activating group) is 1. The molecule has 1 unspecified atom stereocenters. The Balaban J connectivity index is 1.96. The minimum Gasteiger partial charge on any atom is -0.389 e. The second-order valence-corrected chi connectivity index (χ2v) is 4.37. The van der Waals surface area contributed by atoms with Crippen LogP contribution in [0.4, 0.5) is 0 Å². The van der Waals surface area contributed by atoms with Crippen LogP contribution in [0.3, 0.4) is 0 Å². The lowest BCUT2D eigenvalue weighted by Crippen LogP contribution is -2.31. The maximum Gasteiger partial charge on any atom is 0.233 e. The van der Waals surface area contributed by atoms with Crippen molar-refractivity contribution in [3.8, 4) is 0 Å². The highest BCUT2D eigenvalue weighted by atomic mass is 16.5. The molecule has 2 aromatic rings. The zero-order valence-electron chi connectivity index (χ0n) is 10.7. The van der Waals surface area contributed by atoms with Crippen molar-refractivity contribution in [2.75, 3.05) is 27.3 Å². The van der Waals surface area contributed by atoms with Gasteiger partial charge in [0.15, 0.2) is 0 Å². The fourth-order valence-electron chi connectivity index (χ4n) is 1.90. The van der Waals surface area contributed by atoms with E-state index in [4.69, 9.17) is 4.74 Å². The van der Waals surface area contributed by atoms with Crippen molar-refractivity contribution in [3.63, 3.8) is 0 Å². The summed E-state index contributed by atoms with van der Waals surface area (Å²) < 4.78 is 6.78. The van der Waals surface area contributed by atoms with Crippen molar-refractivity contribution < 1.29 is 9.84 Å². The number of hydrogen-bond donors (Lipinski definition) is 1. The molecule has 2 aromatic heterocycles. The van der Waals surface area contributed by atoms with Crippen LogP contribution in [0, 0.1) is 0 Å². The van der Waals surface area contributed by atoms with E-state index in [-0.39, 0.29) is 0 Å². The number of hydrogen-bond acceptors (Lipinski definition) is 5. The first kappa shape index (κ1) is 12.9. The van der Waals surface area contributed by atoms with Gasteiger partial charge in [-0.2, -0.15) is 0 Å². The highest BCUT2D eigenvalue weighted by molar-refractivity contribution is 5.29. The number of methoxy groups -OCH3 is 1. The Hall–Kier alpha value is -1.50. The maximum absolute atomic E-state index is 9.63. The van der Waals surface area contributed by atoms with Gasteiger partial charge < -0.3 is 9.84 Å². The smallest absolute Gasteiger partial charge is 0.233 e. The molecule has 6 heteroatoms. The molecule has 98 valence electrons. The van der Waals surface area contributed by atoms with Crippen LogP contribution >= 0.6 is 0 Å². The largest absolute Gasteiger partial charge is 0.389 e. The summed E-state index contributed by atoms with van der Waals surface area (Å²) >= 11 is 0. The molecule has 6 nitrogen and oxygen atoms in total. The SMILES string of the molecule is COCC(O)CN(C)Cc1cn2cccnc2n1. The Bertz CT molecular complexity index is 467. The molecule has 0 aliphatic rings. The molecule has 0 saturated heterocycles. The van der Waals surface area contributed by atoms with E-state index >= 15 is 0 Å². The number of fused-ring (bicyclic) bond motifs is 1. The second-order valence-electron chi connectivity index (χ2n) is 4.37. The number of aromatic nitrogens is 3. The van der Waals surface area contributed by atoms with Gasteiger partial charge in [-0.05, 0) is 13.1 Å². The van der Waals surface area contributed by atoms with E-state index in [0.29, 0.717) is 25.5 Å². The lowest BCUT2D eigenvalue weighted by Gasteiger charge is -2.18. The summed E-state index contributed by atoms with van der Waals surface area (Å²) in [6.45, 7) is 1.57. The lowest BCUT2D eigenvalue weighted by molar-refractivity contribution is 0.0417. The summed E-state index contributed by atoms with van der Waals surface area (Å²) in [5.74, 6) is 0.693. The van der Waals surface area contributed by atoms with E-state index in [0.717, 1.165) is 5.69 Å². The van der Waals surface area contributed by atoms with E-state index in [1.165, 1.54) is 0 Å². The molecule has 0 radical (unpaired) electrons. The van der Waals surface area contributed by atoms with Gasteiger partial charge >= 0.3 is 0 Å². The van der Waals surface area contributed by atoms with E-state index < -0.39 is 6.10 Å². The third kappa shape index (κ3) is 3.25. The third-order valence-corrected chi connectivity index (χ3v) is 2.60. The highest BCUT2D eigenvalue weighted by Gasteiger charge is 2.10. The molecule has 0 fully saturated rings. The van der Waals surface area contributed by atoms with Gasteiger partial charge in [0.2, 0.25) is 5.78 Å². The first-order valence-corrected chi connectivity index (χ1v) is 5.83. The average molecular weight is 250 g/mol. The van der Waals surface area contributed by atoms with Gasteiger partial charge in [0.25, 0.3) is 0 Å². The molecular formula is C12H18N4O2. The standard InChI is InChI=1S/C12H18N4O2/c1-15(8-11(17)9-18-2)6-10-7-16-5-3-4-13-12(16)14-10/h3-5,7,11,17H,6,8-9H2,1-2H3. The number of nitrogens with zero attached hydrogens (tertiary/aromatic N) is 4. The molecule has 2 heterocycles. The van der Waals surface area contributed by atoms with Crippen LogP contribution in [0.1, 0.15) is 5.69 Å². The molecule has 18 heavy (non-hydrogen) atoms. The second kappa shape index (κ2) is 5.90. The number of aliphatic hydroxyl groups excluding tert-OH is 1. The zero-order valence-corrected chi connectivity index (χ0v) is 10.7. The van der Waals surface area contributed by atoms with Gasteiger partial charge in [0.05, 0.1) is 18.4 Å². The van der Waals surface area contributed by atoms with E-state index in [2.05, 4.69) is 9.97 Å². The monoisotopic (exact) mass is 250 g/mol. The molecule has 1 atom stereocenters. The molecule has 0 amide bonds. The van der Waals surface area contributed by atoms with E-state index in [1.807, 2.05) is 34.8 Å². The summed E-state index contributed by atoms with van der Waals surface area (Å²) in [7, 11) is 3.52. The molecule has 2 rings (SSSR count). The summed E-state index contributed by atoms with van der Waals surface area (Å²) in [5.41, 5.74) is 0.931. The molecule has 0 bridgehead atoms. The summed E-state index contributed by atoms with van der Waals surface area (Å²) in [6, 6.07) is 1.87. The van der Waals surface area contributed by atoms with Gasteiger partial charge in [-0.3, -0.25) is 9.30 Å². The molecule has 0 spiro atoms. The minimum absolute atomic E-state index is 0.344. The van der Waals surface area contributed by atoms with Crippen molar-refractivity contribution in [1.29, 1.82) is 0 Å². The molecule has 0 aromatic carbocycles. The Morgan fingerprint density at radius 2 is 2.39 bits per heavy atom. The van der Waals surface area contributed by atoms with Gasteiger partial charge in [0, 0.05) is 38.8 Å². The predicted octanol–water partition coefficient (Wildman–Crippen LogP) is 0.168. The third-order valence-electron chi connectivity index (χ3n) is 2.60. The molecule has 0 aliphatic heterocycles. The van der Waals surface area contributed by atoms with Crippen LogP contribution in [0.25, 0.3) is 5.78 Å². The zero-order chi connectivity index (χ0) is 13.0. The quantitative estimate of drug-likeness (QED) is 0.791. The highest BCUT2D eigenvalue weighted by Crippen LogP contribution is 2.05. The molecule has 0 aliphatic carbocycles. The molecular weight excluding hydrogens is 232 g/mol. The van der Waals surface area contributed by atoms with Gasteiger partial charge in [-0.25, -0.2) is 9.97 Å². The van der Waals surface area contributed by atoms with Crippen molar-refractivity contribution in [3.05, 3.63) is 30.4 Å². The van der Waals surface area contributed by atoms with Gasteiger partial charge in [0.1, 0.15) is 0 Å². The Kier molecular flexibility index (Phi) is 4.24. The Labute approximate surface area is 106 Å². The van der Waals surface area contributed by atoms with Crippen molar-refractivity contribution in [2.24, 2.45) is 0 Å². The number of aliphatic hydroxyl groups is 1. The number of imidazole rings is 1. The molecule has 1 N–H and O–H groups in total. The molecule has 0 saturated carbocycles. The predicted molar refractivity (Wildman–Crippen MR) is 67.2 cm³/mol. The van der Waals surface area contributed by atoms with E-state index in [1.54, 1.807) is 13.3 Å². The van der Waals surface area contributed by atoms with Crippen LogP contribution in [-0.4, -0.2) is 57.8 Å². The van der Waals surface area contributed by atoms with Crippen LogP contribution in [-0.2, 0) is 11.3 Å². The fourth-order valence-corrected chi connectivity index (χ4v) is 1.90. The van der Waals surface area contributed by atoms with Crippen LogP contribution < -0.4 is 0 Å². The van der Waals surface area contributed by atoms with Crippen molar-refractivity contribution >= 4 is 5.78 Å². The van der Waals surface area contributed by atoms with Crippen LogP contribution in [0.5, 0.6) is 0 Å². The Morgan fingerprint density at radius 3 is 3.11 bits per heavy atom. The summed E-state index contributed by atoms with van der Waals surface area (Å²) in [6.07, 6.45) is 5.10. The van der Waals surface area contributed by atoms with Crippen molar-refractivity contribution in [2.45, 2.75) is 12.6 Å². The number of rotatable bonds is 6. The van der Waals surface area contributed by atoms with E-state index in [9.17, 15) is 5.11 Å². The van der Waals surface area contributed by atoms with Crippen molar-refractivity contribution in [1.82, 2.24) is 19.3 Å². The van der Waals surface area contributed by atoms with Gasteiger partial charge in [-0.1, -0.05) is 0 Å². The Morgan fingerprint density at radius 1 is 1.56 bits per heavy atom. The summed E-state index contributed by atoms with van der Waals surface area (Å²) in [4.78, 5) is 10.6. The first-order valence-electron chi connectivity index (χ1n) is 5.83. The number of ether oxygens (including phenoxy) is 1. The summed E-state index contributed by atoms with van der Waals surface area (Å²) in [5, 5.41) is 9.63. The lowest BCUT2D eigenvalue weighted by atomic mass is 10.3. The topological polar surface area (TPSA) is 62.9 Å². The van der Waals surface area contributed by atoms with Crippen LogP contribution in [0.2, 0.25) is 0 Å². The minimum atomic E-state index is -0.477. The van der Waals surface area contributed by atoms with Gasteiger partial charge in [-0.15, -0.1) is 0 Å². The normalized spacial score (nSPS) is 13.3. The van der Waals surface area contributed by atoms with Crippen LogP contribution in [0.15, 0.2) is 24.7 Å². The average Bonchev–Trinajstić information content (AvgIpc) is 2.70.